The highest BCUT2D eigenvalue weighted by molar-refractivity contribution is 7.99. The summed E-state index contributed by atoms with van der Waals surface area (Å²) >= 11 is 1.88. The van der Waals surface area contributed by atoms with Crippen molar-refractivity contribution >= 4 is 17.6 Å². The maximum Gasteiger partial charge on any atom is 0.256 e. The van der Waals surface area contributed by atoms with Gasteiger partial charge >= 0.3 is 0 Å². The minimum absolute atomic E-state index is 0.0803. The molecule has 100 valence electrons. The molecule has 0 bridgehead atoms. The van der Waals surface area contributed by atoms with Gasteiger partial charge in [-0.05, 0) is 13.5 Å². The van der Waals surface area contributed by atoms with Crippen molar-refractivity contribution < 1.29 is 0 Å². The van der Waals surface area contributed by atoms with Crippen LogP contribution in [-0.2, 0) is 6.42 Å². The number of thioether (sulfide) groups is 1. The molecule has 0 aliphatic carbocycles. The van der Waals surface area contributed by atoms with Crippen molar-refractivity contribution in [2.75, 3.05) is 30.8 Å². The van der Waals surface area contributed by atoms with Crippen LogP contribution in [0.25, 0.3) is 0 Å². The van der Waals surface area contributed by atoms with Crippen molar-refractivity contribution in [3.8, 4) is 0 Å². The molecule has 1 aliphatic heterocycles. The van der Waals surface area contributed by atoms with Gasteiger partial charge in [0.1, 0.15) is 11.6 Å². The molecule has 2 rings (SSSR count). The lowest BCUT2D eigenvalue weighted by atomic mass is 10.1. The van der Waals surface area contributed by atoms with Gasteiger partial charge in [-0.1, -0.05) is 13.3 Å². The van der Waals surface area contributed by atoms with Crippen LogP contribution in [0.4, 0.5) is 5.82 Å². The van der Waals surface area contributed by atoms with Crippen molar-refractivity contribution in [3.05, 3.63) is 21.7 Å². The highest BCUT2D eigenvalue weighted by Gasteiger charge is 2.24. The predicted molar refractivity (Wildman–Crippen MR) is 76.0 cm³/mol. The molecule has 1 atom stereocenters. The summed E-state index contributed by atoms with van der Waals surface area (Å²) in [6.07, 6.45) is 1.58. The Morgan fingerprint density at radius 1 is 1.61 bits per heavy atom. The Hall–Kier alpha value is -1.01. The first-order chi connectivity index (χ1) is 8.63. The maximum absolute atomic E-state index is 12.0. The molecular weight excluding hydrogens is 248 g/mol. The number of nitrogens with one attached hydrogen (secondary N) is 1. The largest absolute Gasteiger partial charge is 0.383 e. The molecule has 5 nitrogen and oxygen atoms in total. The molecule has 0 saturated carbocycles. The van der Waals surface area contributed by atoms with Crippen LogP contribution in [0.3, 0.4) is 0 Å². The third-order valence-corrected chi connectivity index (χ3v) is 4.30. The van der Waals surface area contributed by atoms with Crippen LogP contribution >= 0.6 is 11.8 Å². The van der Waals surface area contributed by atoms with Crippen molar-refractivity contribution in [1.82, 2.24) is 14.9 Å². The zero-order valence-electron chi connectivity index (χ0n) is 10.9. The first-order valence-electron chi connectivity index (χ1n) is 6.30. The molecule has 1 aromatic rings. The topological polar surface area (TPSA) is 75.0 Å². The number of aromatic amines is 1. The molecule has 1 unspecified atom stereocenters. The number of anilines is 1. The van der Waals surface area contributed by atoms with Crippen LogP contribution in [0, 0.1) is 0 Å². The molecule has 1 saturated heterocycles. The number of nitrogens with zero attached hydrogens (tertiary/aromatic N) is 2. The van der Waals surface area contributed by atoms with Crippen molar-refractivity contribution in [2.24, 2.45) is 0 Å². The van der Waals surface area contributed by atoms with Crippen LogP contribution in [0.15, 0.2) is 4.79 Å². The fourth-order valence-corrected chi connectivity index (χ4v) is 3.38. The average Bonchev–Trinajstić information content (AvgIpc) is 2.34. The van der Waals surface area contributed by atoms with E-state index >= 15 is 0 Å². The molecule has 3 N–H and O–H groups in total. The number of aromatic nitrogens is 2. The molecule has 6 heteroatoms. The Bertz CT molecular complexity index is 474. The lowest BCUT2D eigenvalue weighted by molar-refractivity contribution is 0.264. The fraction of sp³-hybridized carbons (Fsp3) is 0.667. The SMILES string of the molecule is CCCc1c(N)nc(C2CSCCN2C)[nH]c1=O. The number of nitrogens with two attached hydrogens (primary N) is 1. The Balaban J connectivity index is 2.32. The molecule has 0 spiro atoms. The van der Waals surface area contributed by atoms with E-state index in [9.17, 15) is 4.79 Å². The van der Waals surface area contributed by atoms with E-state index in [4.69, 9.17) is 5.73 Å². The molecule has 2 heterocycles. The summed E-state index contributed by atoms with van der Waals surface area (Å²) < 4.78 is 0. The van der Waals surface area contributed by atoms with E-state index in [1.807, 2.05) is 18.7 Å². The molecule has 0 amide bonds. The van der Waals surface area contributed by atoms with Crippen LogP contribution in [0.1, 0.15) is 30.8 Å². The maximum atomic E-state index is 12.0. The standard InChI is InChI=1S/C12H20N4OS/c1-3-4-8-10(13)14-11(15-12(8)17)9-7-18-6-5-16(9)2/h9H,3-7H2,1-2H3,(H3,13,14,15,17). The van der Waals surface area contributed by atoms with Gasteiger partial charge in [0.25, 0.3) is 5.56 Å². The van der Waals surface area contributed by atoms with Gasteiger partial charge < -0.3 is 10.7 Å². The van der Waals surface area contributed by atoms with Gasteiger partial charge in [0, 0.05) is 18.1 Å². The summed E-state index contributed by atoms with van der Waals surface area (Å²) in [5.74, 6) is 3.17. The molecule has 1 aliphatic rings. The molecular formula is C12H20N4OS. The lowest BCUT2D eigenvalue weighted by Crippen LogP contribution is -2.35. The van der Waals surface area contributed by atoms with Gasteiger partial charge in [0.15, 0.2) is 0 Å². The molecule has 0 radical (unpaired) electrons. The van der Waals surface area contributed by atoms with Crippen LogP contribution in [-0.4, -0.2) is 40.0 Å². The van der Waals surface area contributed by atoms with Gasteiger partial charge in [0.2, 0.25) is 0 Å². The second kappa shape index (κ2) is 5.75. The summed E-state index contributed by atoms with van der Waals surface area (Å²) in [4.78, 5) is 21.5. The summed E-state index contributed by atoms with van der Waals surface area (Å²) in [5.41, 5.74) is 6.44. The number of hydrogen-bond donors (Lipinski definition) is 2. The monoisotopic (exact) mass is 268 g/mol. The molecule has 1 aromatic heterocycles. The van der Waals surface area contributed by atoms with Gasteiger partial charge in [-0.15, -0.1) is 0 Å². The van der Waals surface area contributed by atoms with Crippen LogP contribution in [0.2, 0.25) is 0 Å². The Labute approximate surface area is 111 Å². The van der Waals surface area contributed by atoms with Crippen molar-refractivity contribution in [3.63, 3.8) is 0 Å². The number of rotatable bonds is 3. The summed E-state index contributed by atoms with van der Waals surface area (Å²) in [5, 5.41) is 0. The normalized spacial score (nSPS) is 21.1. The van der Waals surface area contributed by atoms with E-state index in [0.29, 0.717) is 23.6 Å². The van der Waals surface area contributed by atoms with Gasteiger partial charge in [-0.25, -0.2) is 4.98 Å². The van der Waals surface area contributed by atoms with Crippen molar-refractivity contribution in [2.45, 2.75) is 25.8 Å². The van der Waals surface area contributed by atoms with E-state index < -0.39 is 0 Å². The number of H-pyrrole nitrogens is 1. The zero-order chi connectivity index (χ0) is 13.1. The quantitative estimate of drug-likeness (QED) is 0.856. The molecule has 1 fully saturated rings. The van der Waals surface area contributed by atoms with E-state index in [2.05, 4.69) is 21.9 Å². The van der Waals surface area contributed by atoms with Crippen LogP contribution < -0.4 is 11.3 Å². The first kappa shape index (κ1) is 13.4. The second-order valence-electron chi connectivity index (χ2n) is 4.64. The summed E-state index contributed by atoms with van der Waals surface area (Å²) in [7, 11) is 2.06. The van der Waals surface area contributed by atoms with Gasteiger partial charge in [-0.2, -0.15) is 11.8 Å². The van der Waals surface area contributed by atoms with Gasteiger partial charge in [0.05, 0.1) is 11.6 Å². The van der Waals surface area contributed by atoms with E-state index in [-0.39, 0.29) is 11.6 Å². The third-order valence-electron chi connectivity index (χ3n) is 3.28. The molecule has 0 aromatic carbocycles. The average molecular weight is 268 g/mol. The smallest absolute Gasteiger partial charge is 0.256 e. The fourth-order valence-electron chi connectivity index (χ4n) is 2.16. The number of hydrogen-bond acceptors (Lipinski definition) is 5. The minimum atomic E-state index is -0.0803. The van der Waals surface area contributed by atoms with E-state index in [1.54, 1.807) is 0 Å². The Kier molecular flexibility index (Phi) is 4.29. The summed E-state index contributed by atoms with van der Waals surface area (Å²) in [6.45, 7) is 3.04. The third kappa shape index (κ3) is 2.70. The summed E-state index contributed by atoms with van der Waals surface area (Å²) in [6, 6.07) is 0.162. The number of nitrogen functional groups attached to an aromatic ring is 1. The molecule has 18 heavy (non-hydrogen) atoms. The second-order valence-corrected chi connectivity index (χ2v) is 5.79. The highest BCUT2D eigenvalue weighted by atomic mass is 32.2. The van der Waals surface area contributed by atoms with E-state index in [1.165, 1.54) is 0 Å². The van der Waals surface area contributed by atoms with Crippen molar-refractivity contribution in [1.29, 1.82) is 0 Å². The van der Waals surface area contributed by atoms with E-state index in [0.717, 1.165) is 24.5 Å². The predicted octanol–water partition coefficient (Wildman–Crippen LogP) is 1.02. The first-order valence-corrected chi connectivity index (χ1v) is 7.45. The Morgan fingerprint density at radius 2 is 2.39 bits per heavy atom. The highest BCUT2D eigenvalue weighted by Crippen LogP contribution is 2.25. The lowest BCUT2D eigenvalue weighted by Gasteiger charge is -2.31. The van der Waals surface area contributed by atoms with Crippen LogP contribution in [0.5, 0.6) is 0 Å². The zero-order valence-corrected chi connectivity index (χ0v) is 11.7. The Morgan fingerprint density at radius 3 is 3.00 bits per heavy atom. The minimum Gasteiger partial charge on any atom is -0.383 e. The van der Waals surface area contributed by atoms with Gasteiger partial charge in [-0.3, -0.25) is 9.69 Å².